The van der Waals surface area contributed by atoms with Crippen LogP contribution in [0.1, 0.15) is 30.5 Å². The fourth-order valence-electron chi connectivity index (χ4n) is 2.65. The molecule has 7 nitrogen and oxygen atoms in total. The summed E-state index contributed by atoms with van der Waals surface area (Å²) >= 11 is 0.998. The summed E-state index contributed by atoms with van der Waals surface area (Å²) in [6, 6.07) is 0.165. The van der Waals surface area contributed by atoms with Crippen LogP contribution in [0.15, 0.2) is 10.4 Å². The van der Waals surface area contributed by atoms with Crippen molar-refractivity contribution in [3.8, 4) is 0 Å². The summed E-state index contributed by atoms with van der Waals surface area (Å²) in [7, 11) is 1.63. The Balaban J connectivity index is 1.72. The first-order chi connectivity index (χ1) is 12.8. The van der Waals surface area contributed by atoms with Gasteiger partial charge in [-0.1, -0.05) is 0 Å². The molecule has 1 amide bonds. The predicted molar refractivity (Wildman–Crippen MR) is 96.9 cm³/mol. The van der Waals surface area contributed by atoms with Crippen molar-refractivity contribution in [2.24, 2.45) is 4.99 Å². The Morgan fingerprint density at radius 2 is 2.15 bits per heavy atom. The Labute approximate surface area is 160 Å². The molecule has 0 unspecified atom stereocenters. The van der Waals surface area contributed by atoms with Crippen LogP contribution >= 0.6 is 11.3 Å². The third-order valence-electron chi connectivity index (χ3n) is 4.06. The predicted octanol–water partition coefficient (Wildman–Crippen LogP) is 2.49. The van der Waals surface area contributed by atoms with Crippen molar-refractivity contribution in [3.63, 3.8) is 0 Å². The second kappa shape index (κ2) is 9.77. The fourth-order valence-corrected chi connectivity index (χ4v) is 3.46. The van der Waals surface area contributed by atoms with Gasteiger partial charge in [0.05, 0.1) is 11.6 Å². The molecule has 2 heterocycles. The van der Waals surface area contributed by atoms with Gasteiger partial charge in [0, 0.05) is 44.5 Å². The molecule has 1 aliphatic rings. The van der Waals surface area contributed by atoms with Crippen LogP contribution in [0, 0.1) is 0 Å². The number of carbonyl (C=O) groups excluding carboxylic acids is 1. The second-order valence-corrected chi connectivity index (χ2v) is 6.92. The van der Waals surface area contributed by atoms with Gasteiger partial charge in [0.25, 0.3) is 0 Å². The van der Waals surface area contributed by atoms with Gasteiger partial charge in [0.15, 0.2) is 11.7 Å². The van der Waals surface area contributed by atoms with Crippen molar-refractivity contribution in [1.29, 1.82) is 0 Å². The van der Waals surface area contributed by atoms with E-state index < -0.39 is 11.9 Å². The monoisotopic (exact) mass is 407 g/mol. The van der Waals surface area contributed by atoms with Crippen molar-refractivity contribution in [2.45, 2.75) is 38.4 Å². The maximum Gasteiger partial charge on any atom is 0.434 e. The molecular formula is C16H24F3N5O2S. The molecule has 1 aliphatic heterocycles. The zero-order chi connectivity index (χ0) is 19.9. The Kier molecular flexibility index (Phi) is 7.69. The van der Waals surface area contributed by atoms with Gasteiger partial charge in [-0.25, -0.2) is 9.78 Å². The molecule has 0 aliphatic carbocycles. The number of nitrogens with one attached hydrogen (secondary N) is 2. The van der Waals surface area contributed by atoms with Crippen LogP contribution in [0.3, 0.4) is 0 Å². The summed E-state index contributed by atoms with van der Waals surface area (Å²) in [4.78, 5) is 21.1. The molecular weight excluding hydrogens is 383 g/mol. The summed E-state index contributed by atoms with van der Waals surface area (Å²) in [6.45, 7) is 3.76. The lowest BCUT2D eigenvalue weighted by molar-refractivity contribution is -0.140. The molecule has 2 rings (SSSR count). The number of rotatable bonds is 5. The molecule has 1 aromatic rings. The van der Waals surface area contributed by atoms with Gasteiger partial charge in [0.2, 0.25) is 0 Å². The Hall–Kier alpha value is -2.04. The van der Waals surface area contributed by atoms with Gasteiger partial charge < -0.3 is 20.3 Å². The zero-order valence-corrected chi connectivity index (χ0v) is 16.1. The molecule has 1 fully saturated rings. The second-order valence-electron chi connectivity index (χ2n) is 5.98. The topological polar surface area (TPSA) is 78.8 Å². The highest BCUT2D eigenvalue weighted by Gasteiger charge is 2.33. The molecule has 0 bridgehead atoms. The number of aromatic nitrogens is 1. The smallest absolute Gasteiger partial charge is 0.434 e. The number of halogens is 3. The van der Waals surface area contributed by atoms with Crippen LogP contribution in [0.25, 0.3) is 0 Å². The zero-order valence-electron chi connectivity index (χ0n) is 15.3. The number of aliphatic imine (C=N–C) groups is 1. The third kappa shape index (κ3) is 6.56. The van der Waals surface area contributed by atoms with E-state index in [9.17, 15) is 18.0 Å². The Morgan fingerprint density at radius 3 is 2.70 bits per heavy atom. The minimum absolute atomic E-state index is 0.165. The average Bonchev–Trinajstić information content (AvgIpc) is 3.11. The highest BCUT2D eigenvalue weighted by atomic mass is 32.1. The summed E-state index contributed by atoms with van der Waals surface area (Å²) in [5.41, 5.74) is -0.849. The number of guanidine groups is 1. The van der Waals surface area contributed by atoms with Gasteiger partial charge in [-0.15, -0.1) is 11.3 Å². The van der Waals surface area contributed by atoms with E-state index in [4.69, 9.17) is 4.74 Å². The number of thiazole rings is 1. The molecule has 0 radical (unpaired) electrons. The van der Waals surface area contributed by atoms with Crippen molar-refractivity contribution in [1.82, 2.24) is 20.5 Å². The first kappa shape index (κ1) is 21.3. The van der Waals surface area contributed by atoms with E-state index in [1.54, 1.807) is 18.9 Å². The van der Waals surface area contributed by atoms with E-state index >= 15 is 0 Å². The molecule has 1 saturated heterocycles. The molecule has 27 heavy (non-hydrogen) atoms. The number of likely N-dealkylation sites (tertiary alicyclic amines) is 1. The molecule has 11 heteroatoms. The van der Waals surface area contributed by atoms with Crippen LogP contribution in [0.2, 0.25) is 0 Å². The molecule has 2 N–H and O–H groups in total. The highest BCUT2D eigenvalue weighted by Crippen LogP contribution is 2.29. The minimum Gasteiger partial charge on any atom is -0.450 e. The number of hydrogen-bond donors (Lipinski definition) is 2. The summed E-state index contributed by atoms with van der Waals surface area (Å²) in [6.07, 6.45) is -2.79. The lowest BCUT2D eigenvalue weighted by Gasteiger charge is -2.32. The number of hydrogen-bond acceptors (Lipinski definition) is 5. The third-order valence-corrected chi connectivity index (χ3v) is 4.97. The van der Waals surface area contributed by atoms with E-state index in [1.807, 2.05) is 0 Å². The van der Waals surface area contributed by atoms with Crippen LogP contribution in [0.4, 0.5) is 18.0 Å². The Bertz CT molecular complexity index is 642. The van der Waals surface area contributed by atoms with Crippen molar-refractivity contribution < 1.29 is 22.7 Å². The average molecular weight is 407 g/mol. The van der Waals surface area contributed by atoms with E-state index in [2.05, 4.69) is 20.6 Å². The number of amides is 1. The molecule has 152 valence electrons. The number of carbonyl (C=O) groups is 1. The van der Waals surface area contributed by atoms with Crippen molar-refractivity contribution in [2.75, 3.05) is 33.3 Å². The summed E-state index contributed by atoms with van der Waals surface area (Å²) < 4.78 is 42.7. The van der Waals surface area contributed by atoms with Crippen LogP contribution in [-0.4, -0.2) is 61.3 Å². The van der Waals surface area contributed by atoms with Gasteiger partial charge >= 0.3 is 12.3 Å². The molecule has 0 spiro atoms. The first-order valence-electron chi connectivity index (χ1n) is 8.74. The maximum atomic E-state index is 12.6. The first-order valence-corrected chi connectivity index (χ1v) is 9.62. The van der Waals surface area contributed by atoms with Crippen LogP contribution in [0.5, 0.6) is 0 Å². The number of piperidine rings is 1. The quantitative estimate of drug-likeness (QED) is 0.579. The number of ether oxygens (including phenoxy) is 1. The minimum atomic E-state index is -4.40. The number of nitrogens with zero attached hydrogens (tertiary/aromatic N) is 3. The van der Waals surface area contributed by atoms with E-state index in [-0.39, 0.29) is 12.1 Å². The van der Waals surface area contributed by atoms with Gasteiger partial charge in [0.1, 0.15) is 0 Å². The van der Waals surface area contributed by atoms with Crippen LogP contribution in [-0.2, 0) is 17.3 Å². The maximum absolute atomic E-state index is 12.6. The van der Waals surface area contributed by atoms with E-state index in [1.165, 1.54) is 0 Å². The van der Waals surface area contributed by atoms with Gasteiger partial charge in [-0.05, 0) is 19.8 Å². The standard InChI is InChI=1S/C16H24F3N5O2S/c1-3-26-15(25)24-8-5-11(6-9-24)22-14(20-2)21-7-4-13-23-12(10-27-13)16(17,18)19/h10-11H,3-9H2,1-2H3,(H2,20,21,22). The Morgan fingerprint density at radius 1 is 1.44 bits per heavy atom. The normalized spacial score (nSPS) is 16.3. The highest BCUT2D eigenvalue weighted by molar-refractivity contribution is 7.09. The fraction of sp³-hybridized carbons (Fsp3) is 0.688. The van der Waals surface area contributed by atoms with E-state index in [0.717, 1.165) is 29.6 Å². The largest absolute Gasteiger partial charge is 0.450 e. The lowest BCUT2D eigenvalue weighted by Crippen LogP contribution is -2.50. The van der Waals surface area contributed by atoms with Crippen molar-refractivity contribution in [3.05, 3.63) is 16.1 Å². The summed E-state index contributed by atoms with van der Waals surface area (Å²) in [5, 5.41) is 7.81. The van der Waals surface area contributed by atoms with Gasteiger partial charge in [-0.2, -0.15) is 13.2 Å². The summed E-state index contributed by atoms with van der Waals surface area (Å²) in [5.74, 6) is 0.581. The van der Waals surface area contributed by atoms with E-state index in [0.29, 0.717) is 43.6 Å². The SMILES string of the molecule is CCOC(=O)N1CCC(NC(=NC)NCCc2nc(C(F)(F)F)cs2)CC1. The van der Waals surface area contributed by atoms with Crippen LogP contribution < -0.4 is 10.6 Å². The van der Waals surface area contributed by atoms with Crippen molar-refractivity contribution >= 4 is 23.4 Å². The molecule has 1 aromatic heterocycles. The molecule has 0 atom stereocenters. The lowest BCUT2D eigenvalue weighted by atomic mass is 10.1. The molecule has 0 saturated carbocycles. The number of alkyl halides is 3. The van der Waals surface area contributed by atoms with Gasteiger partial charge in [-0.3, -0.25) is 4.99 Å². The molecule has 0 aromatic carbocycles.